The summed E-state index contributed by atoms with van der Waals surface area (Å²) >= 11 is 0. The Hall–Kier alpha value is -3.72. The number of anilines is 4. The van der Waals surface area contributed by atoms with Gasteiger partial charge in [-0.25, -0.2) is 13.8 Å². The van der Waals surface area contributed by atoms with Crippen LogP contribution in [0.3, 0.4) is 0 Å². The molecule has 7 nitrogen and oxygen atoms in total. The summed E-state index contributed by atoms with van der Waals surface area (Å²) in [6.07, 6.45) is 1.84. The molecule has 1 aliphatic heterocycles. The molecule has 0 aliphatic carbocycles. The fraction of sp³-hybridized carbons (Fsp3) is 0.357. The molecule has 0 saturated carbocycles. The van der Waals surface area contributed by atoms with Crippen LogP contribution in [0, 0.1) is 11.6 Å². The lowest BCUT2D eigenvalue weighted by molar-refractivity contribution is -0.130. The van der Waals surface area contributed by atoms with Gasteiger partial charge >= 0.3 is 0 Å². The maximum absolute atomic E-state index is 13.7. The highest BCUT2D eigenvalue weighted by molar-refractivity contribution is 5.81. The normalized spacial score (nSPS) is 13.4. The number of carbonyl (C=O) groups excluding carboxylic acids is 1. The van der Waals surface area contributed by atoms with E-state index in [1.54, 1.807) is 11.1 Å². The van der Waals surface area contributed by atoms with Gasteiger partial charge in [-0.1, -0.05) is 0 Å². The number of aromatic nitrogens is 1. The predicted molar refractivity (Wildman–Crippen MR) is 142 cm³/mol. The van der Waals surface area contributed by atoms with Crippen LogP contribution in [0.4, 0.5) is 31.7 Å². The number of ether oxygens (including phenoxy) is 1. The molecule has 2 heterocycles. The molecule has 2 N–H and O–H groups in total. The zero-order chi connectivity index (χ0) is 26.2. The topological polar surface area (TPSA) is 69.7 Å². The van der Waals surface area contributed by atoms with E-state index in [1.165, 1.54) is 12.1 Å². The van der Waals surface area contributed by atoms with Crippen molar-refractivity contribution >= 4 is 28.8 Å². The van der Waals surface area contributed by atoms with Crippen LogP contribution in [0.5, 0.6) is 0 Å². The van der Waals surface area contributed by atoms with Crippen LogP contribution >= 0.6 is 0 Å². The van der Waals surface area contributed by atoms with Crippen LogP contribution in [-0.4, -0.2) is 55.2 Å². The van der Waals surface area contributed by atoms with Crippen LogP contribution in [0.2, 0.25) is 0 Å². The third-order valence-corrected chi connectivity index (χ3v) is 6.37. The Balaban J connectivity index is 1.52. The fourth-order valence-electron chi connectivity index (χ4n) is 4.34. The van der Waals surface area contributed by atoms with Gasteiger partial charge in [0.05, 0.1) is 19.6 Å². The largest absolute Gasteiger partial charge is 0.381 e. The smallest absolute Gasteiger partial charge is 0.227 e. The first-order valence-corrected chi connectivity index (χ1v) is 12.6. The van der Waals surface area contributed by atoms with E-state index in [-0.39, 0.29) is 18.9 Å². The minimum atomic E-state index is -0.633. The molecule has 4 rings (SSSR count). The molecular weight excluding hydrogens is 476 g/mol. The van der Waals surface area contributed by atoms with E-state index in [0.29, 0.717) is 35.7 Å². The van der Waals surface area contributed by atoms with Gasteiger partial charge < -0.3 is 25.2 Å². The maximum atomic E-state index is 13.7. The van der Waals surface area contributed by atoms with E-state index < -0.39 is 11.6 Å². The summed E-state index contributed by atoms with van der Waals surface area (Å²) in [5.74, 6) is -0.685. The second-order valence-corrected chi connectivity index (χ2v) is 8.87. The molecule has 1 aliphatic rings. The van der Waals surface area contributed by atoms with Crippen molar-refractivity contribution in [1.82, 2.24) is 9.88 Å². The molecule has 0 atom stereocenters. The second-order valence-electron chi connectivity index (χ2n) is 8.87. The maximum Gasteiger partial charge on any atom is 0.227 e. The van der Waals surface area contributed by atoms with Crippen molar-refractivity contribution in [2.45, 2.75) is 26.8 Å². The summed E-state index contributed by atoms with van der Waals surface area (Å²) in [7, 11) is 0. The van der Waals surface area contributed by atoms with Crippen LogP contribution in [0.15, 0.2) is 54.7 Å². The number of carbonyl (C=O) groups is 1. The van der Waals surface area contributed by atoms with Gasteiger partial charge in [0.25, 0.3) is 0 Å². The number of benzene rings is 2. The highest BCUT2D eigenvalue weighted by Crippen LogP contribution is 2.25. The van der Waals surface area contributed by atoms with Crippen LogP contribution in [-0.2, 0) is 22.5 Å². The van der Waals surface area contributed by atoms with Crippen LogP contribution in [0.1, 0.15) is 25.0 Å². The molecule has 0 radical (unpaired) electrons. The lowest BCUT2D eigenvalue weighted by atomic mass is 10.1. The van der Waals surface area contributed by atoms with E-state index in [2.05, 4.69) is 32.7 Å². The number of rotatable bonds is 10. The van der Waals surface area contributed by atoms with E-state index in [4.69, 9.17) is 4.74 Å². The predicted octanol–water partition coefficient (Wildman–Crippen LogP) is 4.96. The van der Waals surface area contributed by atoms with Crippen molar-refractivity contribution in [1.29, 1.82) is 0 Å². The van der Waals surface area contributed by atoms with Crippen molar-refractivity contribution in [2.75, 3.05) is 54.9 Å². The molecule has 0 spiro atoms. The summed E-state index contributed by atoms with van der Waals surface area (Å²) in [4.78, 5) is 21.3. The monoisotopic (exact) mass is 509 g/mol. The summed E-state index contributed by atoms with van der Waals surface area (Å²) in [5.41, 5.74) is 3.85. The van der Waals surface area contributed by atoms with Crippen molar-refractivity contribution in [3.05, 3.63) is 77.5 Å². The number of nitrogens with one attached hydrogen (secondary N) is 2. The number of morpholine rings is 1. The summed E-state index contributed by atoms with van der Waals surface area (Å²) < 4.78 is 32.8. The standard InChI is InChI=1S/C28H33F2N5O2/c1-3-34(4-2)28(36)15-21-19-32-27(17-26(21)31-18-20-13-22(29)16-23(30)14-20)33-24-5-7-25(8-6-24)35-9-11-37-12-10-35/h5-8,13-14,16-17,19H,3-4,9-12,15,18H2,1-2H3,(H2,31,32,33). The molecule has 1 saturated heterocycles. The third-order valence-electron chi connectivity index (χ3n) is 6.37. The van der Waals surface area contributed by atoms with Crippen molar-refractivity contribution in [3.63, 3.8) is 0 Å². The van der Waals surface area contributed by atoms with Gasteiger partial charge in [0.2, 0.25) is 5.91 Å². The third kappa shape index (κ3) is 7.16. The van der Waals surface area contributed by atoms with Crippen LogP contribution in [0.25, 0.3) is 0 Å². The SMILES string of the molecule is CCN(CC)C(=O)Cc1cnc(Nc2ccc(N3CCOCC3)cc2)cc1NCc1cc(F)cc(F)c1. The van der Waals surface area contributed by atoms with Gasteiger partial charge in [-0.3, -0.25) is 4.79 Å². The lowest BCUT2D eigenvalue weighted by Gasteiger charge is -2.28. The molecule has 0 unspecified atom stereocenters. The first-order valence-electron chi connectivity index (χ1n) is 12.6. The number of halogens is 2. The first kappa shape index (κ1) is 26.3. The van der Waals surface area contributed by atoms with Gasteiger partial charge in [0.15, 0.2) is 0 Å². The quantitative estimate of drug-likeness (QED) is 0.403. The Labute approximate surface area is 216 Å². The van der Waals surface area contributed by atoms with Crippen molar-refractivity contribution in [2.24, 2.45) is 0 Å². The Bertz CT molecular complexity index is 1180. The number of hydrogen-bond donors (Lipinski definition) is 2. The van der Waals surface area contributed by atoms with Gasteiger partial charge in [0, 0.05) is 73.7 Å². The van der Waals surface area contributed by atoms with Crippen LogP contribution < -0.4 is 15.5 Å². The van der Waals surface area contributed by atoms with E-state index >= 15 is 0 Å². The number of pyridine rings is 1. The average molecular weight is 510 g/mol. The summed E-state index contributed by atoms with van der Waals surface area (Å²) in [6.45, 7) is 8.50. The molecule has 3 aromatic rings. The van der Waals surface area contributed by atoms with Gasteiger partial charge in [-0.15, -0.1) is 0 Å². The van der Waals surface area contributed by atoms with Gasteiger partial charge in [-0.2, -0.15) is 0 Å². The summed E-state index contributed by atoms with van der Waals surface area (Å²) in [5, 5.41) is 6.55. The minimum Gasteiger partial charge on any atom is -0.381 e. The van der Waals surface area contributed by atoms with Crippen molar-refractivity contribution in [3.8, 4) is 0 Å². The molecule has 0 bridgehead atoms. The van der Waals surface area contributed by atoms with Gasteiger partial charge in [-0.05, 0) is 55.8 Å². The second kappa shape index (κ2) is 12.5. The first-order chi connectivity index (χ1) is 17.9. The van der Waals surface area contributed by atoms with E-state index in [1.807, 2.05) is 32.0 Å². The highest BCUT2D eigenvalue weighted by atomic mass is 19.1. The lowest BCUT2D eigenvalue weighted by Crippen LogP contribution is -2.36. The van der Waals surface area contributed by atoms with E-state index in [0.717, 1.165) is 43.7 Å². The van der Waals surface area contributed by atoms with E-state index in [9.17, 15) is 13.6 Å². The number of likely N-dealkylation sites (N-methyl/N-ethyl adjacent to an activating group) is 1. The fourth-order valence-corrected chi connectivity index (χ4v) is 4.34. The molecule has 9 heteroatoms. The Morgan fingerprint density at radius 1 is 1.03 bits per heavy atom. The van der Waals surface area contributed by atoms with Crippen molar-refractivity contribution < 1.29 is 18.3 Å². The summed E-state index contributed by atoms with van der Waals surface area (Å²) in [6, 6.07) is 13.3. The average Bonchev–Trinajstić information content (AvgIpc) is 2.90. The highest BCUT2D eigenvalue weighted by Gasteiger charge is 2.15. The molecule has 1 aromatic heterocycles. The Kier molecular flexibility index (Phi) is 8.90. The number of amides is 1. The number of nitrogens with zero attached hydrogens (tertiary/aromatic N) is 3. The molecule has 196 valence electrons. The zero-order valence-electron chi connectivity index (χ0n) is 21.3. The molecule has 2 aromatic carbocycles. The zero-order valence-corrected chi connectivity index (χ0v) is 21.3. The molecule has 1 fully saturated rings. The molecular formula is C28H33F2N5O2. The van der Waals surface area contributed by atoms with Gasteiger partial charge in [0.1, 0.15) is 17.5 Å². The Morgan fingerprint density at radius 3 is 2.35 bits per heavy atom. The molecule has 1 amide bonds. The minimum absolute atomic E-state index is 0.00828. The number of hydrogen-bond acceptors (Lipinski definition) is 6. The Morgan fingerprint density at radius 2 is 1.70 bits per heavy atom. The molecule has 37 heavy (non-hydrogen) atoms.